The van der Waals surface area contributed by atoms with Gasteiger partial charge >= 0.3 is 12.3 Å². The average molecular weight is 434 g/mol. The van der Waals surface area contributed by atoms with Crippen LogP contribution in [0.3, 0.4) is 0 Å². The van der Waals surface area contributed by atoms with E-state index in [1.807, 2.05) is 12.3 Å². The number of nitrogens with zero attached hydrogens (tertiary/aromatic N) is 5. The summed E-state index contributed by atoms with van der Waals surface area (Å²) >= 11 is 1.38. The lowest BCUT2D eigenvalue weighted by atomic mass is 10.2. The number of carbonyl (C=O) groups excluding carboxylic acids is 1. The number of fused-ring (bicyclic) bond motifs is 1. The van der Waals surface area contributed by atoms with Crippen molar-refractivity contribution in [3.05, 3.63) is 53.1 Å². The molecule has 0 bridgehead atoms. The van der Waals surface area contributed by atoms with Crippen molar-refractivity contribution in [2.45, 2.75) is 20.0 Å². The maximum Gasteiger partial charge on any atom is 0.432 e. The number of hydrogen-bond donors (Lipinski definition) is 1. The number of carbonyl (C=O) groups is 1. The number of pyridine rings is 1. The smallest absolute Gasteiger partial charge is 0.406 e. The van der Waals surface area contributed by atoms with Gasteiger partial charge in [0.2, 0.25) is 0 Å². The van der Waals surface area contributed by atoms with Gasteiger partial charge < -0.3 is 4.74 Å². The third-order valence-corrected chi connectivity index (χ3v) is 4.98. The number of thiazole rings is 1. The molecule has 0 saturated carbocycles. The van der Waals surface area contributed by atoms with Crippen molar-refractivity contribution in [1.29, 1.82) is 0 Å². The highest BCUT2D eigenvalue weighted by molar-refractivity contribution is 7.13. The Hall–Kier alpha value is -3.54. The summed E-state index contributed by atoms with van der Waals surface area (Å²) in [6, 6.07) is 2.86. The molecule has 0 fully saturated rings. The van der Waals surface area contributed by atoms with E-state index in [0.29, 0.717) is 16.5 Å². The Labute approximate surface area is 171 Å². The minimum Gasteiger partial charge on any atom is -0.406 e. The van der Waals surface area contributed by atoms with Gasteiger partial charge in [-0.05, 0) is 26.0 Å². The zero-order valence-electron chi connectivity index (χ0n) is 15.6. The Morgan fingerprint density at radius 2 is 2.03 bits per heavy atom. The van der Waals surface area contributed by atoms with Gasteiger partial charge in [-0.1, -0.05) is 0 Å². The number of ether oxygens (including phenoxy) is 1. The van der Waals surface area contributed by atoms with Crippen LogP contribution >= 0.6 is 11.3 Å². The van der Waals surface area contributed by atoms with Gasteiger partial charge in [0.1, 0.15) is 11.1 Å². The normalized spacial score (nSPS) is 11.6. The standard InChI is InChI=1S/C18H13F3N6O2S/c1-9-8-30-16(24-9)15-23-6-13(10(2)25-15)29-17(28)26-27-7-11(18(19,20)21)14-12(27)4-3-5-22-14/h3-8H,1-2H3,(H,26,28). The fraction of sp³-hybridized carbons (Fsp3) is 0.167. The Morgan fingerprint density at radius 1 is 1.23 bits per heavy atom. The van der Waals surface area contributed by atoms with E-state index < -0.39 is 17.8 Å². The van der Waals surface area contributed by atoms with E-state index in [0.717, 1.165) is 16.6 Å². The van der Waals surface area contributed by atoms with Gasteiger partial charge in [-0.15, -0.1) is 11.3 Å². The second-order valence-electron chi connectivity index (χ2n) is 6.22. The van der Waals surface area contributed by atoms with Crippen LogP contribution in [0.1, 0.15) is 17.0 Å². The van der Waals surface area contributed by atoms with Crippen LogP contribution in [0.25, 0.3) is 21.9 Å². The van der Waals surface area contributed by atoms with Crippen LogP contribution in [0.5, 0.6) is 5.75 Å². The predicted octanol–water partition coefficient (Wildman–Crippen LogP) is 4.33. The molecule has 0 aliphatic heterocycles. The van der Waals surface area contributed by atoms with Crippen molar-refractivity contribution in [2.75, 3.05) is 5.43 Å². The van der Waals surface area contributed by atoms with Gasteiger partial charge in [0.05, 0.1) is 17.4 Å². The van der Waals surface area contributed by atoms with Crippen LogP contribution in [-0.4, -0.2) is 30.7 Å². The van der Waals surface area contributed by atoms with Crippen molar-refractivity contribution < 1.29 is 22.7 Å². The van der Waals surface area contributed by atoms with Crippen molar-refractivity contribution >= 4 is 28.5 Å². The molecule has 4 heterocycles. The molecule has 0 saturated heterocycles. The molecule has 4 aromatic heterocycles. The third-order valence-electron chi connectivity index (χ3n) is 4.02. The molecule has 12 heteroatoms. The maximum atomic E-state index is 13.2. The molecule has 0 aliphatic carbocycles. The zero-order valence-corrected chi connectivity index (χ0v) is 16.4. The fourth-order valence-electron chi connectivity index (χ4n) is 2.70. The first kappa shape index (κ1) is 19.8. The van der Waals surface area contributed by atoms with E-state index >= 15 is 0 Å². The number of aromatic nitrogens is 5. The van der Waals surface area contributed by atoms with Gasteiger partial charge in [0.25, 0.3) is 0 Å². The summed E-state index contributed by atoms with van der Waals surface area (Å²) in [4.78, 5) is 28.7. The van der Waals surface area contributed by atoms with Crippen LogP contribution in [0.4, 0.5) is 18.0 Å². The molecule has 0 aromatic carbocycles. The van der Waals surface area contributed by atoms with E-state index in [4.69, 9.17) is 4.74 Å². The maximum absolute atomic E-state index is 13.2. The first-order chi connectivity index (χ1) is 14.2. The van der Waals surface area contributed by atoms with Crippen LogP contribution in [0.15, 0.2) is 36.1 Å². The van der Waals surface area contributed by atoms with Gasteiger partial charge in [-0.3, -0.25) is 9.66 Å². The molecule has 8 nitrogen and oxygen atoms in total. The number of rotatable bonds is 3. The molecular weight excluding hydrogens is 421 g/mol. The van der Waals surface area contributed by atoms with E-state index in [-0.39, 0.29) is 16.8 Å². The van der Waals surface area contributed by atoms with E-state index in [1.165, 1.54) is 35.9 Å². The Kier molecular flexibility index (Phi) is 4.86. The van der Waals surface area contributed by atoms with Crippen molar-refractivity contribution in [3.8, 4) is 16.6 Å². The molecule has 4 aromatic rings. The van der Waals surface area contributed by atoms with Crippen LogP contribution < -0.4 is 10.2 Å². The van der Waals surface area contributed by atoms with Crippen molar-refractivity contribution in [1.82, 2.24) is 24.6 Å². The topological polar surface area (TPSA) is 94.8 Å². The number of halogens is 3. The summed E-state index contributed by atoms with van der Waals surface area (Å²) in [6.45, 7) is 3.46. The molecule has 0 atom stereocenters. The Balaban J connectivity index is 1.56. The lowest BCUT2D eigenvalue weighted by molar-refractivity contribution is -0.136. The fourth-order valence-corrected chi connectivity index (χ4v) is 3.43. The average Bonchev–Trinajstić information content (AvgIpc) is 3.27. The first-order valence-corrected chi connectivity index (χ1v) is 9.38. The molecule has 1 N–H and O–H groups in total. The molecule has 30 heavy (non-hydrogen) atoms. The molecular formula is C18H13F3N6O2S. The minimum absolute atomic E-state index is 0.0650. The Morgan fingerprint density at radius 3 is 2.70 bits per heavy atom. The number of hydrogen-bond acceptors (Lipinski definition) is 7. The van der Waals surface area contributed by atoms with Crippen LogP contribution in [-0.2, 0) is 6.18 Å². The summed E-state index contributed by atoms with van der Waals surface area (Å²) in [5.74, 6) is 0.450. The lowest BCUT2D eigenvalue weighted by Crippen LogP contribution is -2.25. The summed E-state index contributed by atoms with van der Waals surface area (Å²) in [5, 5.41) is 2.48. The molecule has 0 unspecified atom stereocenters. The first-order valence-electron chi connectivity index (χ1n) is 8.50. The van der Waals surface area contributed by atoms with Crippen molar-refractivity contribution in [3.63, 3.8) is 0 Å². The monoisotopic (exact) mass is 434 g/mol. The van der Waals surface area contributed by atoms with E-state index in [1.54, 1.807) is 6.92 Å². The summed E-state index contributed by atoms with van der Waals surface area (Å²) in [7, 11) is 0. The van der Waals surface area contributed by atoms with Gasteiger partial charge in [-0.2, -0.15) is 13.2 Å². The highest BCUT2D eigenvalue weighted by atomic mass is 32.1. The van der Waals surface area contributed by atoms with Gasteiger partial charge in [-0.25, -0.2) is 25.2 Å². The number of amides is 1. The minimum atomic E-state index is -4.63. The van der Waals surface area contributed by atoms with Crippen molar-refractivity contribution in [2.24, 2.45) is 0 Å². The highest BCUT2D eigenvalue weighted by Gasteiger charge is 2.35. The number of alkyl halides is 3. The summed E-state index contributed by atoms with van der Waals surface area (Å²) < 4.78 is 45.8. The number of nitrogens with one attached hydrogen (secondary N) is 1. The Bertz CT molecular complexity index is 1250. The zero-order chi connectivity index (χ0) is 21.5. The molecule has 0 radical (unpaired) electrons. The molecule has 4 rings (SSSR count). The predicted molar refractivity (Wildman–Crippen MR) is 103 cm³/mol. The molecule has 154 valence electrons. The summed E-state index contributed by atoms with van der Waals surface area (Å²) in [5.41, 5.74) is 2.28. The van der Waals surface area contributed by atoms with E-state index in [9.17, 15) is 18.0 Å². The lowest BCUT2D eigenvalue weighted by Gasteiger charge is -2.10. The van der Waals surface area contributed by atoms with E-state index in [2.05, 4.69) is 25.4 Å². The number of aryl methyl sites for hydroxylation is 2. The molecule has 1 amide bonds. The largest absolute Gasteiger partial charge is 0.432 e. The quantitative estimate of drug-likeness (QED) is 0.516. The highest BCUT2D eigenvalue weighted by Crippen LogP contribution is 2.34. The summed E-state index contributed by atoms with van der Waals surface area (Å²) in [6.07, 6.45) is -2.33. The molecule has 0 aliphatic rings. The third kappa shape index (κ3) is 3.81. The van der Waals surface area contributed by atoms with Crippen LogP contribution in [0.2, 0.25) is 0 Å². The van der Waals surface area contributed by atoms with Gasteiger partial charge in [0, 0.05) is 23.5 Å². The van der Waals surface area contributed by atoms with Crippen LogP contribution in [0, 0.1) is 13.8 Å². The van der Waals surface area contributed by atoms with Gasteiger partial charge in [0.15, 0.2) is 16.6 Å². The second kappa shape index (κ2) is 7.37. The molecule has 0 spiro atoms. The SMILES string of the molecule is Cc1csc(-c2ncc(OC(=O)Nn3cc(C(F)(F)F)c4ncccc43)c(C)n2)n1. The second-order valence-corrected chi connectivity index (χ2v) is 7.08.